The highest BCUT2D eigenvalue weighted by Gasteiger charge is 2.33. The van der Waals surface area contributed by atoms with Gasteiger partial charge in [0.2, 0.25) is 17.7 Å². The Kier molecular flexibility index (Phi) is 10.5. The lowest BCUT2D eigenvalue weighted by Crippen LogP contribution is -2.48. The van der Waals surface area contributed by atoms with E-state index in [-0.39, 0.29) is 35.5 Å². The van der Waals surface area contributed by atoms with Crippen molar-refractivity contribution in [3.63, 3.8) is 0 Å². The molecule has 3 N–H and O–H groups in total. The summed E-state index contributed by atoms with van der Waals surface area (Å²) in [4.78, 5) is 67.3. The molecular formula is C41H44ClN9O5. The zero-order valence-electron chi connectivity index (χ0n) is 31.4. The van der Waals surface area contributed by atoms with Crippen LogP contribution in [0.15, 0.2) is 60.9 Å². The zero-order chi connectivity index (χ0) is 38.9. The Labute approximate surface area is 329 Å². The third kappa shape index (κ3) is 7.83. The summed E-state index contributed by atoms with van der Waals surface area (Å²) in [6.45, 7) is 5.09. The molecule has 56 heavy (non-hydrogen) atoms. The Bertz CT molecular complexity index is 2300. The molecule has 4 amide bonds. The number of benzene rings is 2. The fourth-order valence-electron chi connectivity index (χ4n) is 8.10. The number of halogens is 1. The Morgan fingerprint density at radius 2 is 1.82 bits per heavy atom. The van der Waals surface area contributed by atoms with Crippen LogP contribution in [0.25, 0.3) is 22.6 Å². The van der Waals surface area contributed by atoms with Gasteiger partial charge in [0.1, 0.15) is 22.1 Å². The number of carbonyl (C=O) groups excluding carboxylic acids is 4. The summed E-state index contributed by atoms with van der Waals surface area (Å²) in [5.41, 5.74) is 5.05. The van der Waals surface area contributed by atoms with Gasteiger partial charge in [-0.1, -0.05) is 23.7 Å². The van der Waals surface area contributed by atoms with Crippen molar-refractivity contribution in [1.82, 2.24) is 39.8 Å². The fraction of sp³-hybridized carbons (Fsp3) is 0.390. The first-order valence-electron chi connectivity index (χ1n) is 19.2. The highest BCUT2D eigenvalue weighted by Crippen LogP contribution is 2.36. The van der Waals surface area contributed by atoms with Gasteiger partial charge in [0.25, 0.3) is 5.91 Å². The minimum Gasteiger partial charge on any atom is -0.453 e. The number of hydrogen-bond acceptors (Lipinski definition) is 9. The van der Waals surface area contributed by atoms with E-state index in [1.54, 1.807) is 28.9 Å². The maximum atomic E-state index is 13.7. The lowest BCUT2D eigenvalue weighted by molar-refractivity contribution is -0.138. The molecule has 0 spiro atoms. The molecule has 3 fully saturated rings. The van der Waals surface area contributed by atoms with Crippen molar-refractivity contribution < 1.29 is 23.9 Å². The van der Waals surface area contributed by atoms with E-state index in [4.69, 9.17) is 16.3 Å². The van der Waals surface area contributed by atoms with E-state index < -0.39 is 0 Å². The highest BCUT2D eigenvalue weighted by molar-refractivity contribution is 6.32. The number of amides is 4. The fourth-order valence-corrected chi connectivity index (χ4v) is 8.28. The summed E-state index contributed by atoms with van der Waals surface area (Å²) in [7, 11) is 1.85. The number of hydrogen-bond donors (Lipinski definition) is 3. The van der Waals surface area contributed by atoms with Crippen LogP contribution in [-0.2, 0) is 21.4 Å². The lowest BCUT2D eigenvalue weighted by Gasteiger charge is -2.38. The number of imide groups is 1. The van der Waals surface area contributed by atoms with Gasteiger partial charge in [0.15, 0.2) is 11.4 Å². The van der Waals surface area contributed by atoms with Gasteiger partial charge in [0.05, 0.1) is 23.4 Å². The first kappa shape index (κ1) is 37.2. The van der Waals surface area contributed by atoms with E-state index >= 15 is 0 Å². The number of likely N-dealkylation sites (tertiary alicyclic amines) is 2. The van der Waals surface area contributed by atoms with E-state index in [0.717, 1.165) is 48.4 Å². The monoisotopic (exact) mass is 777 g/mol. The van der Waals surface area contributed by atoms with Crippen molar-refractivity contribution >= 4 is 52.1 Å². The van der Waals surface area contributed by atoms with Crippen LogP contribution >= 0.6 is 11.6 Å². The standard InChI is InChI=1S/C41H44ClN9O5/c1-24-32(23-49(2)48-24)37-46-35-36(33(42)21-44-38(35)47-37)56-30-10-8-26(9-11-30)40(54)50-17-14-27(15-18-50)41(55)51-16-4-5-25(22-51)20-43-29-7-3-6-28(19-29)31-12-13-34(52)45-39(31)53/h3,6-11,19,21,23,25,27,31,43H,4-5,12-18,20,22H2,1-2H3,(H,44,46,47)(H,45,52,53)/t25?,31-/m0/s1. The van der Waals surface area contributed by atoms with Crippen LogP contribution in [0.4, 0.5) is 5.69 Å². The number of nitrogens with zero attached hydrogens (tertiary/aromatic N) is 6. The van der Waals surface area contributed by atoms with Crippen LogP contribution in [0.3, 0.4) is 0 Å². The highest BCUT2D eigenvalue weighted by atomic mass is 35.5. The number of pyridine rings is 1. The van der Waals surface area contributed by atoms with E-state index in [2.05, 4.69) is 30.7 Å². The largest absolute Gasteiger partial charge is 0.453 e. The van der Waals surface area contributed by atoms with Crippen molar-refractivity contribution in [3.8, 4) is 22.9 Å². The van der Waals surface area contributed by atoms with Crippen LogP contribution in [0, 0.1) is 18.8 Å². The number of aromatic amines is 1. The molecule has 3 saturated heterocycles. The first-order chi connectivity index (χ1) is 27.1. The van der Waals surface area contributed by atoms with E-state index in [0.29, 0.717) is 90.3 Å². The smallest absolute Gasteiger partial charge is 0.253 e. The molecule has 3 aliphatic rings. The topological polar surface area (TPSA) is 167 Å². The van der Waals surface area contributed by atoms with Crippen molar-refractivity contribution in [1.29, 1.82) is 0 Å². The number of imidazole rings is 1. The SMILES string of the molecule is Cc1nn(C)cc1-c1nc2ncc(Cl)c(Oc3ccc(C(=O)N4CCC(C(=O)N5CCCC(CNc6cccc([C@@H]7CCC(=O)NC7=O)c6)C5)CC4)cc3)c2[nH]1. The van der Waals surface area contributed by atoms with E-state index in [1.807, 2.05) is 54.2 Å². The number of H-pyrrole nitrogens is 1. The molecule has 2 atom stereocenters. The van der Waals surface area contributed by atoms with Gasteiger partial charge in [0, 0.05) is 69.6 Å². The number of aromatic nitrogens is 5. The molecule has 0 radical (unpaired) electrons. The molecule has 0 bridgehead atoms. The van der Waals surface area contributed by atoms with Gasteiger partial charge < -0.3 is 24.8 Å². The molecule has 0 saturated carbocycles. The lowest BCUT2D eigenvalue weighted by atomic mass is 9.90. The van der Waals surface area contributed by atoms with Gasteiger partial charge in [-0.3, -0.25) is 29.2 Å². The van der Waals surface area contributed by atoms with Crippen LogP contribution in [-0.4, -0.2) is 90.9 Å². The maximum absolute atomic E-state index is 13.7. The first-order valence-corrected chi connectivity index (χ1v) is 19.6. The van der Waals surface area contributed by atoms with Gasteiger partial charge in [-0.25, -0.2) is 9.97 Å². The Morgan fingerprint density at radius 1 is 1.02 bits per heavy atom. The molecule has 5 aromatic rings. The van der Waals surface area contributed by atoms with Crippen LogP contribution < -0.4 is 15.4 Å². The predicted octanol–water partition coefficient (Wildman–Crippen LogP) is 5.84. The van der Waals surface area contributed by atoms with Gasteiger partial charge >= 0.3 is 0 Å². The number of fused-ring (bicyclic) bond motifs is 1. The maximum Gasteiger partial charge on any atom is 0.253 e. The quantitative estimate of drug-likeness (QED) is 0.156. The molecule has 14 nitrogen and oxygen atoms in total. The minimum atomic E-state index is -0.329. The summed E-state index contributed by atoms with van der Waals surface area (Å²) in [6.07, 6.45) is 7.45. The van der Waals surface area contributed by atoms with Gasteiger partial charge in [-0.2, -0.15) is 5.10 Å². The van der Waals surface area contributed by atoms with Crippen molar-refractivity contribution in [2.24, 2.45) is 18.9 Å². The van der Waals surface area contributed by atoms with Crippen molar-refractivity contribution in [2.75, 3.05) is 38.0 Å². The second-order valence-electron chi connectivity index (χ2n) is 15.0. The normalized spacial score (nSPS) is 19.3. The zero-order valence-corrected chi connectivity index (χ0v) is 32.1. The number of rotatable bonds is 9. The number of aryl methyl sites for hydroxylation is 2. The Hall–Kier alpha value is -5.76. The molecule has 0 aliphatic carbocycles. The molecule has 3 aliphatic heterocycles. The molecule has 1 unspecified atom stereocenters. The molecular weight excluding hydrogens is 734 g/mol. The molecule has 15 heteroatoms. The minimum absolute atomic E-state index is 0.0809. The third-order valence-corrected chi connectivity index (χ3v) is 11.4. The number of anilines is 1. The van der Waals surface area contributed by atoms with Crippen molar-refractivity contribution in [2.45, 2.75) is 51.4 Å². The second-order valence-corrected chi connectivity index (χ2v) is 15.4. The number of ether oxygens (including phenoxy) is 1. The predicted molar refractivity (Wildman–Crippen MR) is 210 cm³/mol. The van der Waals surface area contributed by atoms with Crippen LogP contribution in [0.1, 0.15) is 66.1 Å². The second kappa shape index (κ2) is 15.8. The Morgan fingerprint density at radius 3 is 2.57 bits per heavy atom. The summed E-state index contributed by atoms with van der Waals surface area (Å²) in [6, 6.07) is 14.8. The summed E-state index contributed by atoms with van der Waals surface area (Å²) in [5.74, 6) is 0.986. The van der Waals surface area contributed by atoms with Crippen LogP contribution in [0.5, 0.6) is 11.5 Å². The molecule has 3 aromatic heterocycles. The molecule has 8 rings (SSSR count). The average Bonchev–Trinajstić information content (AvgIpc) is 3.80. The summed E-state index contributed by atoms with van der Waals surface area (Å²) < 4.78 is 7.93. The summed E-state index contributed by atoms with van der Waals surface area (Å²) in [5, 5.41) is 10.7. The van der Waals surface area contributed by atoms with Gasteiger partial charge in [-0.05, 0) is 86.9 Å². The number of carbonyl (C=O) groups is 4. The number of nitrogens with one attached hydrogen (secondary N) is 3. The summed E-state index contributed by atoms with van der Waals surface area (Å²) >= 11 is 6.53. The average molecular weight is 778 g/mol. The van der Waals surface area contributed by atoms with Crippen molar-refractivity contribution in [3.05, 3.63) is 82.8 Å². The molecule has 2 aromatic carbocycles. The number of piperidine rings is 3. The van der Waals surface area contributed by atoms with E-state index in [1.165, 1.54) is 6.20 Å². The molecule has 6 heterocycles. The van der Waals surface area contributed by atoms with Gasteiger partial charge in [-0.15, -0.1) is 0 Å². The van der Waals surface area contributed by atoms with Crippen LogP contribution in [0.2, 0.25) is 5.02 Å². The van der Waals surface area contributed by atoms with E-state index in [9.17, 15) is 19.2 Å². The Balaban J connectivity index is 0.829. The third-order valence-electron chi connectivity index (χ3n) is 11.1. The molecule has 290 valence electrons.